The zero-order chi connectivity index (χ0) is 32.5. The van der Waals surface area contributed by atoms with E-state index in [1.807, 2.05) is 0 Å². The van der Waals surface area contributed by atoms with E-state index in [2.05, 4.69) is 181 Å². The van der Waals surface area contributed by atoms with Crippen LogP contribution in [0.15, 0.2) is 158 Å². The Labute approximate surface area is 283 Å². The summed E-state index contributed by atoms with van der Waals surface area (Å²) in [7, 11) is 0. The van der Waals surface area contributed by atoms with Gasteiger partial charge in [-0.15, -0.1) is 0 Å². The normalized spacial score (nSPS) is 11.5. The number of rotatable bonds is 10. The number of hydrogen-bond donors (Lipinski definition) is 0. The van der Waals surface area contributed by atoms with Crippen molar-refractivity contribution in [1.29, 1.82) is 0 Å². The van der Waals surface area contributed by atoms with Crippen molar-refractivity contribution in [2.75, 3.05) is 9.80 Å². The molecule has 8 rings (SSSR count). The van der Waals surface area contributed by atoms with E-state index in [-0.39, 0.29) is 0 Å². The standard InChI is InChI=1S/C46H40N2/c1-3-11-33-17-25-39(26-18-33)47(37-13-7-5-8-14-37)43-31-23-35-22-30-42-44(32-24-36-21-29-41(43)45(35)46(36)42)48(38-15-9-6-10-16-38)40-27-19-34(12-4-2)20-28-40/h5-10,13-32H,3-4,11-12H2,1-2H3. The number of aryl methyl sites for hydroxylation is 2. The van der Waals surface area contributed by atoms with Crippen molar-refractivity contribution < 1.29 is 0 Å². The summed E-state index contributed by atoms with van der Waals surface area (Å²) in [5.41, 5.74) is 9.75. The Morgan fingerprint density at radius 1 is 0.354 bits per heavy atom. The molecule has 0 saturated carbocycles. The van der Waals surface area contributed by atoms with Crippen LogP contribution in [-0.4, -0.2) is 0 Å². The molecular weight excluding hydrogens is 581 g/mol. The van der Waals surface area contributed by atoms with Crippen molar-refractivity contribution in [1.82, 2.24) is 0 Å². The van der Waals surface area contributed by atoms with Crippen LogP contribution in [0.5, 0.6) is 0 Å². The second-order valence-electron chi connectivity index (χ2n) is 12.8. The van der Waals surface area contributed by atoms with Crippen molar-refractivity contribution >= 4 is 66.4 Å². The number of para-hydroxylation sites is 2. The molecule has 0 aromatic heterocycles. The Morgan fingerprint density at radius 3 is 1.08 bits per heavy atom. The van der Waals surface area contributed by atoms with Crippen LogP contribution in [0, 0.1) is 0 Å². The predicted molar refractivity (Wildman–Crippen MR) is 208 cm³/mol. The third kappa shape index (κ3) is 5.34. The third-order valence-corrected chi connectivity index (χ3v) is 9.60. The van der Waals surface area contributed by atoms with Crippen LogP contribution in [-0.2, 0) is 12.8 Å². The molecule has 8 aromatic rings. The second-order valence-corrected chi connectivity index (χ2v) is 12.8. The van der Waals surface area contributed by atoms with Crippen LogP contribution in [0.1, 0.15) is 37.8 Å². The SMILES string of the molecule is CCCc1ccc(N(c2ccccc2)c2ccc3ccc4c(N(c5ccccc5)c5ccc(CCC)cc5)ccc5ccc2c3c54)cc1. The molecule has 0 N–H and O–H groups in total. The zero-order valence-electron chi connectivity index (χ0n) is 27.7. The first-order valence-corrected chi connectivity index (χ1v) is 17.3. The van der Waals surface area contributed by atoms with Crippen molar-refractivity contribution in [2.24, 2.45) is 0 Å². The van der Waals surface area contributed by atoms with E-state index in [4.69, 9.17) is 0 Å². The fourth-order valence-electron chi connectivity index (χ4n) is 7.37. The molecule has 234 valence electrons. The lowest BCUT2D eigenvalue weighted by Gasteiger charge is -2.29. The van der Waals surface area contributed by atoms with E-state index >= 15 is 0 Å². The molecule has 8 aromatic carbocycles. The van der Waals surface area contributed by atoms with Gasteiger partial charge in [0.15, 0.2) is 0 Å². The summed E-state index contributed by atoms with van der Waals surface area (Å²) in [5.74, 6) is 0. The van der Waals surface area contributed by atoms with E-state index in [9.17, 15) is 0 Å². The fraction of sp³-hybridized carbons (Fsp3) is 0.130. The Kier molecular flexibility index (Phi) is 8.00. The molecular formula is C46H40N2. The largest absolute Gasteiger partial charge is 0.310 e. The minimum atomic E-state index is 1.09. The summed E-state index contributed by atoms with van der Waals surface area (Å²) < 4.78 is 0. The van der Waals surface area contributed by atoms with Gasteiger partial charge < -0.3 is 9.80 Å². The molecule has 0 unspecified atom stereocenters. The third-order valence-electron chi connectivity index (χ3n) is 9.60. The maximum atomic E-state index is 2.41. The Balaban J connectivity index is 1.35. The van der Waals surface area contributed by atoms with Crippen molar-refractivity contribution in [3.8, 4) is 0 Å². The van der Waals surface area contributed by atoms with Crippen LogP contribution in [0.3, 0.4) is 0 Å². The van der Waals surface area contributed by atoms with Crippen molar-refractivity contribution in [2.45, 2.75) is 39.5 Å². The van der Waals surface area contributed by atoms with Crippen LogP contribution < -0.4 is 9.80 Å². The molecule has 2 heteroatoms. The van der Waals surface area contributed by atoms with Crippen LogP contribution in [0.25, 0.3) is 32.3 Å². The zero-order valence-corrected chi connectivity index (χ0v) is 27.7. The van der Waals surface area contributed by atoms with Gasteiger partial charge in [0, 0.05) is 33.5 Å². The average molecular weight is 621 g/mol. The topological polar surface area (TPSA) is 6.48 Å². The maximum Gasteiger partial charge on any atom is 0.0540 e. The van der Waals surface area contributed by atoms with E-state index in [1.54, 1.807) is 0 Å². The first-order chi connectivity index (χ1) is 23.7. The summed E-state index contributed by atoms with van der Waals surface area (Å²) in [6.45, 7) is 4.48. The molecule has 48 heavy (non-hydrogen) atoms. The van der Waals surface area contributed by atoms with E-state index in [0.717, 1.165) is 37.1 Å². The van der Waals surface area contributed by atoms with E-state index in [0.29, 0.717) is 0 Å². The van der Waals surface area contributed by atoms with Gasteiger partial charge in [0.25, 0.3) is 0 Å². The summed E-state index contributed by atoms with van der Waals surface area (Å²) in [6.07, 6.45) is 4.47. The maximum absolute atomic E-state index is 2.41. The van der Waals surface area contributed by atoms with Gasteiger partial charge in [-0.3, -0.25) is 0 Å². The van der Waals surface area contributed by atoms with Gasteiger partial charge in [-0.2, -0.15) is 0 Å². The highest BCUT2D eigenvalue weighted by molar-refractivity contribution is 6.28. The van der Waals surface area contributed by atoms with Gasteiger partial charge in [0.2, 0.25) is 0 Å². The highest BCUT2D eigenvalue weighted by Crippen LogP contribution is 2.47. The lowest BCUT2D eigenvalue weighted by atomic mass is 9.91. The van der Waals surface area contributed by atoms with Crippen LogP contribution in [0.2, 0.25) is 0 Å². The summed E-state index contributed by atoms with van der Waals surface area (Å²) in [4.78, 5) is 4.83. The highest BCUT2D eigenvalue weighted by Gasteiger charge is 2.21. The molecule has 0 fully saturated rings. The minimum Gasteiger partial charge on any atom is -0.310 e. The fourth-order valence-corrected chi connectivity index (χ4v) is 7.37. The summed E-state index contributed by atoms with van der Waals surface area (Å²) >= 11 is 0. The Morgan fingerprint density at radius 2 is 0.708 bits per heavy atom. The quantitative estimate of drug-likeness (QED) is 0.140. The van der Waals surface area contributed by atoms with Crippen molar-refractivity contribution in [3.63, 3.8) is 0 Å². The molecule has 0 atom stereocenters. The van der Waals surface area contributed by atoms with Gasteiger partial charge in [0.1, 0.15) is 0 Å². The molecule has 0 bridgehead atoms. The summed E-state index contributed by atoms with van der Waals surface area (Å²) in [6, 6.07) is 58.2. The number of nitrogens with zero attached hydrogens (tertiary/aromatic N) is 2. The number of benzene rings is 8. The average Bonchev–Trinajstić information content (AvgIpc) is 3.14. The molecule has 0 aliphatic carbocycles. The summed E-state index contributed by atoms with van der Waals surface area (Å²) in [5, 5.41) is 7.62. The molecule has 0 spiro atoms. The molecule has 2 nitrogen and oxygen atoms in total. The second kappa shape index (κ2) is 12.9. The Bertz CT molecular complexity index is 2120. The number of anilines is 6. The van der Waals surface area contributed by atoms with E-state index < -0.39 is 0 Å². The smallest absolute Gasteiger partial charge is 0.0540 e. The van der Waals surface area contributed by atoms with Crippen LogP contribution in [0.4, 0.5) is 34.1 Å². The number of hydrogen-bond acceptors (Lipinski definition) is 2. The Hall–Kier alpha value is -5.60. The van der Waals surface area contributed by atoms with Gasteiger partial charge in [-0.05, 0) is 106 Å². The van der Waals surface area contributed by atoms with Gasteiger partial charge in [-0.25, -0.2) is 0 Å². The van der Waals surface area contributed by atoms with Gasteiger partial charge in [0.05, 0.1) is 11.4 Å². The molecule has 0 aliphatic heterocycles. The molecule has 0 heterocycles. The lowest BCUT2D eigenvalue weighted by molar-refractivity contribution is 0.922. The van der Waals surface area contributed by atoms with E-state index in [1.165, 1.54) is 66.2 Å². The molecule has 0 saturated heterocycles. The molecule has 0 aliphatic rings. The molecule has 0 amide bonds. The minimum absolute atomic E-state index is 1.09. The highest BCUT2D eigenvalue weighted by atomic mass is 15.1. The van der Waals surface area contributed by atoms with Gasteiger partial charge in [-0.1, -0.05) is 124 Å². The monoisotopic (exact) mass is 620 g/mol. The van der Waals surface area contributed by atoms with Crippen LogP contribution >= 0.6 is 0 Å². The molecule has 0 radical (unpaired) electrons. The van der Waals surface area contributed by atoms with Crippen molar-refractivity contribution in [3.05, 3.63) is 169 Å². The first kappa shape index (κ1) is 29.8. The predicted octanol–water partition coefficient (Wildman–Crippen LogP) is 13.4. The van der Waals surface area contributed by atoms with Gasteiger partial charge >= 0.3 is 0 Å². The first-order valence-electron chi connectivity index (χ1n) is 17.3. The lowest BCUT2D eigenvalue weighted by Crippen LogP contribution is -2.11.